The Morgan fingerprint density at radius 3 is 2.52 bits per heavy atom. The Hall–Kier alpha value is -1.88. The third-order valence-corrected chi connectivity index (χ3v) is 5.20. The molecule has 0 atom stereocenters. The molecule has 0 saturated carbocycles. The smallest absolute Gasteiger partial charge is 0.213 e. The highest BCUT2D eigenvalue weighted by Gasteiger charge is 2.22. The van der Waals surface area contributed by atoms with Crippen molar-refractivity contribution in [2.45, 2.75) is 39.3 Å². The molecule has 1 aliphatic heterocycles. The van der Waals surface area contributed by atoms with Gasteiger partial charge in [0.25, 0.3) is 0 Å². The number of nitrogens with zero attached hydrogens (tertiary/aromatic N) is 4. The van der Waals surface area contributed by atoms with Crippen LogP contribution < -0.4 is 10.1 Å². The van der Waals surface area contributed by atoms with E-state index in [4.69, 9.17) is 9.15 Å². The van der Waals surface area contributed by atoms with Crippen molar-refractivity contribution in [1.82, 2.24) is 20.1 Å². The predicted molar refractivity (Wildman–Crippen MR) is 131 cm³/mol. The lowest BCUT2D eigenvalue weighted by atomic mass is 9.94. The quantitative estimate of drug-likeness (QED) is 0.352. The number of piperazine rings is 1. The third-order valence-electron chi connectivity index (χ3n) is 5.20. The van der Waals surface area contributed by atoms with Crippen molar-refractivity contribution in [3.05, 3.63) is 47.4 Å². The topological polar surface area (TPSA) is 66.1 Å². The summed E-state index contributed by atoms with van der Waals surface area (Å²) in [5.41, 5.74) is 0.888. The van der Waals surface area contributed by atoms with E-state index in [1.54, 1.807) is 25.4 Å². The molecule has 3 rings (SSSR count). The summed E-state index contributed by atoms with van der Waals surface area (Å²) < 4.78 is 24.8. The Labute approximate surface area is 201 Å². The molecule has 1 N–H and O–H groups in total. The number of oxazole rings is 1. The van der Waals surface area contributed by atoms with E-state index in [0.29, 0.717) is 19.0 Å². The molecule has 0 spiro atoms. The average molecular weight is 545 g/mol. The second-order valence-corrected chi connectivity index (χ2v) is 8.50. The Morgan fingerprint density at radius 1 is 1.26 bits per heavy atom. The van der Waals surface area contributed by atoms with Gasteiger partial charge in [0.15, 0.2) is 17.5 Å². The zero-order valence-corrected chi connectivity index (χ0v) is 21.3. The first-order chi connectivity index (χ1) is 14.3. The van der Waals surface area contributed by atoms with E-state index in [0.717, 1.165) is 43.5 Å². The predicted octanol–water partition coefficient (Wildman–Crippen LogP) is 3.63. The molecule has 1 aromatic heterocycles. The number of ether oxygens (including phenoxy) is 1. The third kappa shape index (κ3) is 6.80. The van der Waals surface area contributed by atoms with Crippen LogP contribution in [0.2, 0.25) is 0 Å². The van der Waals surface area contributed by atoms with Gasteiger partial charge < -0.3 is 19.4 Å². The monoisotopic (exact) mass is 545 g/mol. The lowest BCUT2D eigenvalue weighted by Crippen LogP contribution is -2.52. The van der Waals surface area contributed by atoms with Crippen LogP contribution in [0, 0.1) is 5.82 Å². The molecule has 0 aliphatic carbocycles. The van der Waals surface area contributed by atoms with Crippen molar-refractivity contribution < 1.29 is 13.5 Å². The van der Waals surface area contributed by atoms with Gasteiger partial charge in [-0.1, -0.05) is 26.8 Å². The summed E-state index contributed by atoms with van der Waals surface area (Å²) in [5, 5.41) is 3.34. The minimum atomic E-state index is -0.320. The van der Waals surface area contributed by atoms with Crippen LogP contribution in [-0.2, 0) is 18.5 Å². The zero-order chi connectivity index (χ0) is 21.7. The van der Waals surface area contributed by atoms with Crippen LogP contribution in [0.15, 0.2) is 33.8 Å². The molecule has 31 heavy (non-hydrogen) atoms. The van der Waals surface area contributed by atoms with Crippen molar-refractivity contribution in [1.29, 1.82) is 0 Å². The molecular weight excluding hydrogens is 512 g/mol. The minimum absolute atomic E-state index is 0. The number of aromatic nitrogens is 1. The first-order valence-electron chi connectivity index (χ1n) is 10.3. The highest BCUT2D eigenvalue weighted by Crippen LogP contribution is 2.22. The Morgan fingerprint density at radius 2 is 1.97 bits per heavy atom. The molecule has 1 aliphatic rings. The fourth-order valence-electron chi connectivity index (χ4n) is 3.41. The number of nitrogens with one attached hydrogen (secondary N) is 1. The summed E-state index contributed by atoms with van der Waals surface area (Å²) >= 11 is 0. The van der Waals surface area contributed by atoms with Gasteiger partial charge in [-0.25, -0.2) is 9.37 Å². The molecule has 172 valence electrons. The maximum atomic E-state index is 13.9. The number of halogens is 2. The first-order valence-corrected chi connectivity index (χ1v) is 10.3. The fraction of sp³-hybridized carbons (Fsp3) is 0.545. The van der Waals surface area contributed by atoms with E-state index in [1.807, 2.05) is 6.07 Å². The second kappa shape index (κ2) is 11.1. The highest BCUT2D eigenvalue weighted by atomic mass is 127. The van der Waals surface area contributed by atoms with Gasteiger partial charge in [-0.2, -0.15) is 0 Å². The van der Waals surface area contributed by atoms with E-state index in [-0.39, 0.29) is 41.0 Å². The van der Waals surface area contributed by atoms with Crippen molar-refractivity contribution in [2.75, 3.05) is 40.3 Å². The standard InChI is InChI=1S/C22H32FN5O2.HI/c1-22(2,3)19-13-25-20(30-19)14-26-21(24-4)28-10-8-27(9-11-28)15-16-6-7-18(29-5)17(23)12-16;/h6-7,12-13H,8-11,14-15H2,1-5H3,(H,24,26);1H. The molecule has 0 unspecified atom stereocenters. The van der Waals surface area contributed by atoms with Crippen LogP contribution in [0.25, 0.3) is 0 Å². The Balaban J connectivity index is 0.00000341. The van der Waals surface area contributed by atoms with E-state index in [1.165, 1.54) is 7.11 Å². The fourth-order valence-corrected chi connectivity index (χ4v) is 3.41. The number of hydrogen-bond acceptors (Lipinski definition) is 5. The molecule has 0 amide bonds. The second-order valence-electron chi connectivity index (χ2n) is 8.50. The summed E-state index contributed by atoms with van der Waals surface area (Å²) in [4.78, 5) is 13.3. The maximum Gasteiger partial charge on any atom is 0.213 e. The average Bonchev–Trinajstić information content (AvgIpc) is 3.19. The zero-order valence-electron chi connectivity index (χ0n) is 18.9. The number of methoxy groups -OCH3 is 1. The molecule has 1 saturated heterocycles. The lowest BCUT2D eigenvalue weighted by molar-refractivity contribution is 0.172. The van der Waals surface area contributed by atoms with Crippen molar-refractivity contribution in [3.8, 4) is 5.75 Å². The van der Waals surface area contributed by atoms with E-state index < -0.39 is 0 Å². The molecule has 7 nitrogen and oxygen atoms in total. The SMILES string of the molecule is CN=C(NCc1ncc(C(C)(C)C)o1)N1CCN(Cc2ccc(OC)c(F)c2)CC1.I. The van der Waals surface area contributed by atoms with Gasteiger partial charge >= 0.3 is 0 Å². The summed E-state index contributed by atoms with van der Waals surface area (Å²) in [6, 6.07) is 5.14. The van der Waals surface area contributed by atoms with Crippen molar-refractivity contribution in [3.63, 3.8) is 0 Å². The Kier molecular flexibility index (Phi) is 9.11. The summed E-state index contributed by atoms with van der Waals surface area (Å²) in [6.45, 7) is 11.0. The molecule has 2 aromatic rings. The van der Waals surface area contributed by atoms with Gasteiger partial charge in [0.05, 0.1) is 19.9 Å². The number of guanidine groups is 1. The van der Waals surface area contributed by atoms with Crippen LogP contribution in [0.4, 0.5) is 4.39 Å². The number of hydrogen-bond donors (Lipinski definition) is 1. The summed E-state index contributed by atoms with van der Waals surface area (Å²) in [7, 11) is 3.26. The van der Waals surface area contributed by atoms with Crippen molar-refractivity contribution >= 4 is 29.9 Å². The molecule has 0 bridgehead atoms. The number of benzene rings is 1. The molecule has 0 radical (unpaired) electrons. The van der Waals surface area contributed by atoms with Crippen LogP contribution >= 0.6 is 24.0 Å². The van der Waals surface area contributed by atoms with E-state index >= 15 is 0 Å². The van der Waals surface area contributed by atoms with Crippen LogP contribution in [0.5, 0.6) is 5.75 Å². The number of rotatable bonds is 5. The van der Waals surface area contributed by atoms with E-state index in [9.17, 15) is 4.39 Å². The normalized spacial score (nSPS) is 15.5. The molecule has 1 aromatic carbocycles. The Bertz CT molecular complexity index is 873. The lowest BCUT2D eigenvalue weighted by Gasteiger charge is -2.36. The molecule has 2 heterocycles. The van der Waals surface area contributed by atoms with Gasteiger partial charge in [0, 0.05) is 45.2 Å². The van der Waals surface area contributed by atoms with Crippen LogP contribution in [-0.4, -0.2) is 61.1 Å². The largest absolute Gasteiger partial charge is 0.494 e. The minimum Gasteiger partial charge on any atom is -0.494 e. The van der Waals surface area contributed by atoms with Gasteiger partial charge in [0.1, 0.15) is 5.76 Å². The summed E-state index contributed by atoms with van der Waals surface area (Å²) in [6.07, 6.45) is 1.79. The van der Waals surface area contributed by atoms with Gasteiger partial charge in [-0.05, 0) is 17.7 Å². The van der Waals surface area contributed by atoms with E-state index in [2.05, 4.69) is 45.9 Å². The van der Waals surface area contributed by atoms with Gasteiger partial charge in [0.2, 0.25) is 5.89 Å². The summed E-state index contributed by atoms with van der Waals surface area (Å²) in [5.74, 6) is 2.32. The van der Waals surface area contributed by atoms with Gasteiger partial charge in [-0.3, -0.25) is 9.89 Å². The highest BCUT2D eigenvalue weighted by molar-refractivity contribution is 14.0. The van der Waals surface area contributed by atoms with Crippen LogP contribution in [0.1, 0.15) is 38.0 Å². The molecule has 9 heteroatoms. The van der Waals surface area contributed by atoms with Crippen LogP contribution in [0.3, 0.4) is 0 Å². The van der Waals surface area contributed by atoms with Crippen molar-refractivity contribution in [2.24, 2.45) is 4.99 Å². The molecule has 1 fully saturated rings. The maximum absolute atomic E-state index is 13.9. The number of aliphatic imine (C=N–C) groups is 1. The first kappa shape index (κ1) is 25.4. The molecular formula is C22H33FIN5O2. The van der Waals surface area contributed by atoms with Gasteiger partial charge in [-0.15, -0.1) is 24.0 Å².